The van der Waals surface area contributed by atoms with Crippen LogP contribution in [0, 0.1) is 0 Å². The van der Waals surface area contributed by atoms with Gasteiger partial charge in [-0.2, -0.15) is 13.2 Å². The van der Waals surface area contributed by atoms with Crippen LogP contribution in [0.25, 0.3) is 0 Å². The lowest BCUT2D eigenvalue weighted by atomic mass is 10.1. The van der Waals surface area contributed by atoms with E-state index in [4.69, 9.17) is 10.5 Å². The number of hydrogen-bond acceptors (Lipinski definition) is 4. The predicted molar refractivity (Wildman–Crippen MR) is 74.8 cm³/mol. The van der Waals surface area contributed by atoms with Crippen molar-refractivity contribution in [2.45, 2.75) is 25.6 Å². The number of para-hydroxylation sites is 2. The molecule has 0 radical (unpaired) electrons. The monoisotopic (exact) mass is 320 g/mol. The summed E-state index contributed by atoms with van der Waals surface area (Å²) in [5.41, 5.74) is 4.89. The van der Waals surface area contributed by atoms with Gasteiger partial charge in [0, 0.05) is 12.1 Å². The Labute approximate surface area is 126 Å². The van der Waals surface area contributed by atoms with Crippen LogP contribution in [0.5, 0.6) is 11.5 Å². The molecule has 0 spiro atoms. The number of carbonyl (C=O) groups excluding carboxylic acids is 1. The Hall–Kier alpha value is -1.96. The zero-order valence-corrected chi connectivity index (χ0v) is 12.4. The first kappa shape index (κ1) is 18.1. The van der Waals surface area contributed by atoms with Gasteiger partial charge < -0.3 is 20.5 Å². The Morgan fingerprint density at radius 1 is 1.18 bits per heavy atom. The second-order valence-electron chi connectivity index (χ2n) is 5.28. The van der Waals surface area contributed by atoms with Gasteiger partial charge in [-0.3, -0.25) is 4.79 Å². The van der Waals surface area contributed by atoms with E-state index in [0.29, 0.717) is 0 Å². The molecule has 0 heterocycles. The molecule has 1 aromatic rings. The summed E-state index contributed by atoms with van der Waals surface area (Å²) in [6, 6.07) is 5.84. The molecule has 1 amide bonds. The normalized spacial score (nSPS) is 11.9. The quantitative estimate of drug-likeness (QED) is 0.804. The number of carbonyl (C=O) groups is 1. The summed E-state index contributed by atoms with van der Waals surface area (Å²) in [7, 11) is 0. The van der Waals surface area contributed by atoms with Gasteiger partial charge in [0.15, 0.2) is 24.7 Å². The van der Waals surface area contributed by atoms with E-state index in [1.54, 1.807) is 19.9 Å². The van der Waals surface area contributed by atoms with E-state index in [0.717, 1.165) is 0 Å². The number of nitrogens with one attached hydrogen (secondary N) is 1. The number of ether oxygens (including phenoxy) is 2. The molecule has 22 heavy (non-hydrogen) atoms. The van der Waals surface area contributed by atoms with Crippen LogP contribution in [0.2, 0.25) is 0 Å². The Morgan fingerprint density at radius 2 is 1.73 bits per heavy atom. The molecular weight excluding hydrogens is 301 g/mol. The van der Waals surface area contributed by atoms with Gasteiger partial charge >= 0.3 is 6.18 Å². The molecule has 124 valence electrons. The smallest absolute Gasteiger partial charge is 0.422 e. The lowest BCUT2D eigenvalue weighted by Gasteiger charge is -2.24. The van der Waals surface area contributed by atoms with Gasteiger partial charge in [0.25, 0.3) is 5.91 Å². The summed E-state index contributed by atoms with van der Waals surface area (Å²) in [4.78, 5) is 11.7. The highest BCUT2D eigenvalue weighted by Gasteiger charge is 2.29. The third-order valence-electron chi connectivity index (χ3n) is 2.59. The van der Waals surface area contributed by atoms with Crippen LogP contribution in [-0.2, 0) is 4.79 Å². The molecule has 5 nitrogen and oxygen atoms in total. The molecule has 0 aliphatic heterocycles. The highest BCUT2D eigenvalue weighted by atomic mass is 19.4. The maximum Gasteiger partial charge on any atom is 0.422 e. The molecule has 8 heteroatoms. The van der Waals surface area contributed by atoms with Gasteiger partial charge in [-0.15, -0.1) is 0 Å². The van der Waals surface area contributed by atoms with Crippen molar-refractivity contribution < 1.29 is 27.4 Å². The molecule has 1 rings (SSSR count). The summed E-state index contributed by atoms with van der Waals surface area (Å²) < 4.78 is 46.4. The molecule has 1 aromatic carbocycles. The molecule has 0 saturated carbocycles. The summed E-state index contributed by atoms with van der Waals surface area (Å²) in [5.74, 6) is -0.445. The number of rotatable bonds is 7. The minimum atomic E-state index is -4.45. The zero-order chi connectivity index (χ0) is 16.8. The Morgan fingerprint density at radius 3 is 2.23 bits per heavy atom. The van der Waals surface area contributed by atoms with Crippen molar-refractivity contribution in [2.75, 3.05) is 19.8 Å². The second kappa shape index (κ2) is 7.35. The Bertz CT molecular complexity index is 504. The number of alkyl halides is 3. The Kier molecular flexibility index (Phi) is 6.04. The minimum Gasteiger partial charge on any atom is -0.480 e. The van der Waals surface area contributed by atoms with Crippen molar-refractivity contribution in [1.82, 2.24) is 5.32 Å². The Balaban J connectivity index is 2.61. The molecule has 0 fully saturated rings. The molecule has 0 aliphatic carbocycles. The fourth-order valence-electron chi connectivity index (χ4n) is 1.46. The number of nitrogens with two attached hydrogens (primary N) is 1. The van der Waals surface area contributed by atoms with Crippen LogP contribution in [-0.4, -0.2) is 37.4 Å². The van der Waals surface area contributed by atoms with Crippen LogP contribution in [0.1, 0.15) is 13.8 Å². The van der Waals surface area contributed by atoms with E-state index in [1.807, 2.05) is 0 Å². The van der Waals surface area contributed by atoms with E-state index in [9.17, 15) is 18.0 Å². The number of hydrogen-bond donors (Lipinski definition) is 2. The lowest BCUT2D eigenvalue weighted by molar-refractivity contribution is -0.153. The summed E-state index contributed by atoms with van der Waals surface area (Å²) in [6.07, 6.45) is -4.45. The van der Waals surface area contributed by atoms with Crippen molar-refractivity contribution in [3.63, 3.8) is 0 Å². The van der Waals surface area contributed by atoms with Gasteiger partial charge in [-0.1, -0.05) is 12.1 Å². The summed E-state index contributed by atoms with van der Waals surface area (Å²) >= 11 is 0. The highest BCUT2D eigenvalue weighted by Crippen LogP contribution is 2.28. The summed E-state index contributed by atoms with van der Waals surface area (Å²) in [5, 5.41) is 2.64. The SMILES string of the molecule is CC(C)(CN)NC(=O)COc1ccccc1OCC(F)(F)F. The van der Waals surface area contributed by atoms with E-state index in [1.165, 1.54) is 18.2 Å². The van der Waals surface area contributed by atoms with E-state index >= 15 is 0 Å². The van der Waals surface area contributed by atoms with Gasteiger partial charge in [-0.05, 0) is 26.0 Å². The van der Waals surface area contributed by atoms with Crippen LogP contribution < -0.4 is 20.5 Å². The molecule has 0 saturated heterocycles. The third kappa shape index (κ3) is 6.66. The standard InChI is InChI=1S/C14H19F3N2O3/c1-13(2,8-18)19-12(20)7-21-10-5-3-4-6-11(10)22-9-14(15,16)17/h3-6H,7-9,18H2,1-2H3,(H,19,20). The average Bonchev–Trinajstić information content (AvgIpc) is 2.42. The third-order valence-corrected chi connectivity index (χ3v) is 2.59. The number of amides is 1. The van der Waals surface area contributed by atoms with E-state index in [2.05, 4.69) is 10.1 Å². The summed E-state index contributed by atoms with van der Waals surface area (Å²) in [6.45, 7) is 1.94. The largest absolute Gasteiger partial charge is 0.480 e. The number of halogens is 3. The first-order valence-electron chi connectivity index (χ1n) is 6.55. The predicted octanol–water partition coefficient (Wildman–Crippen LogP) is 1.86. The molecule has 0 atom stereocenters. The van der Waals surface area contributed by atoms with Crippen LogP contribution in [0.15, 0.2) is 24.3 Å². The first-order chi connectivity index (χ1) is 10.1. The van der Waals surface area contributed by atoms with Gasteiger partial charge in [0.2, 0.25) is 0 Å². The van der Waals surface area contributed by atoms with Crippen molar-refractivity contribution in [1.29, 1.82) is 0 Å². The fraction of sp³-hybridized carbons (Fsp3) is 0.500. The molecule has 0 bridgehead atoms. The molecule has 0 unspecified atom stereocenters. The molecule has 3 N–H and O–H groups in total. The first-order valence-corrected chi connectivity index (χ1v) is 6.55. The maximum absolute atomic E-state index is 12.2. The highest BCUT2D eigenvalue weighted by molar-refractivity contribution is 5.78. The topological polar surface area (TPSA) is 73.6 Å². The zero-order valence-electron chi connectivity index (χ0n) is 12.4. The van der Waals surface area contributed by atoms with Crippen LogP contribution >= 0.6 is 0 Å². The molecule has 0 aliphatic rings. The molecule has 0 aromatic heterocycles. The van der Waals surface area contributed by atoms with Crippen LogP contribution in [0.3, 0.4) is 0 Å². The maximum atomic E-state index is 12.2. The minimum absolute atomic E-state index is 0.0625. The van der Waals surface area contributed by atoms with Gasteiger partial charge in [0.1, 0.15) is 0 Å². The van der Waals surface area contributed by atoms with Crippen molar-refractivity contribution in [2.24, 2.45) is 5.73 Å². The number of benzene rings is 1. The van der Waals surface area contributed by atoms with Gasteiger partial charge in [-0.25, -0.2) is 0 Å². The van der Waals surface area contributed by atoms with E-state index in [-0.39, 0.29) is 24.7 Å². The van der Waals surface area contributed by atoms with Crippen LogP contribution in [0.4, 0.5) is 13.2 Å². The second-order valence-corrected chi connectivity index (χ2v) is 5.28. The van der Waals surface area contributed by atoms with Crippen molar-refractivity contribution >= 4 is 5.91 Å². The van der Waals surface area contributed by atoms with Crippen molar-refractivity contribution in [3.8, 4) is 11.5 Å². The molecular formula is C14H19F3N2O3. The fourth-order valence-corrected chi connectivity index (χ4v) is 1.46. The van der Waals surface area contributed by atoms with Gasteiger partial charge in [0.05, 0.1) is 0 Å². The van der Waals surface area contributed by atoms with Crippen molar-refractivity contribution in [3.05, 3.63) is 24.3 Å². The lowest BCUT2D eigenvalue weighted by Crippen LogP contribution is -2.50. The average molecular weight is 320 g/mol. The van der Waals surface area contributed by atoms with E-state index < -0.39 is 24.2 Å².